The molecular formula is C13H15N3O. The first kappa shape index (κ1) is 10.6. The van der Waals surface area contributed by atoms with E-state index in [1.807, 2.05) is 12.1 Å². The monoisotopic (exact) mass is 229 g/mol. The molecule has 4 nitrogen and oxygen atoms in total. The predicted octanol–water partition coefficient (Wildman–Crippen LogP) is -0.0720. The molecule has 3 rings (SSSR count). The average Bonchev–Trinajstić information content (AvgIpc) is 3.17. The number of aliphatic hydroxyl groups excluding tert-OH is 1. The van der Waals surface area contributed by atoms with Crippen LogP contribution in [0, 0.1) is 12.3 Å². The molecule has 3 heterocycles. The number of anilines is 1. The second kappa shape index (κ2) is 4.02. The van der Waals surface area contributed by atoms with E-state index >= 15 is 0 Å². The third-order valence-electron chi connectivity index (χ3n) is 3.54. The van der Waals surface area contributed by atoms with E-state index in [-0.39, 0.29) is 12.6 Å². The summed E-state index contributed by atoms with van der Waals surface area (Å²) in [6.45, 7) is 3.16. The lowest BCUT2D eigenvalue weighted by atomic mass is 10.2. The normalized spacial score (nSPS) is 30.6. The number of terminal acetylenes is 1. The van der Waals surface area contributed by atoms with Crippen LogP contribution in [0.5, 0.6) is 0 Å². The fourth-order valence-electron chi connectivity index (χ4n) is 2.50. The van der Waals surface area contributed by atoms with Gasteiger partial charge in [-0.15, -0.1) is 6.42 Å². The summed E-state index contributed by atoms with van der Waals surface area (Å²) in [7, 11) is 0. The molecule has 88 valence electrons. The van der Waals surface area contributed by atoms with Crippen LogP contribution in [0.2, 0.25) is 0 Å². The van der Waals surface area contributed by atoms with E-state index in [2.05, 4.69) is 20.7 Å². The van der Waals surface area contributed by atoms with Crippen molar-refractivity contribution < 1.29 is 5.11 Å². The highest BCUT2D eigenvalue weighted by molar-refractivity contribution is 5.44. The molecule has 0 radical (unpaired) electrons. The summed E-state index contributed by atoms with van der Waals surface area (Å²) in [6.07, 6.45) is 7.03. The maximum absolute atomic E-state index is 9.32. The molecule has 2 aliphatic rings. The summed E-state index contributed by atoms with van der Waals surface area (Å²) in [5.41, 5.74) is 0.803. The zero-order valence-corrected chi connectivity index (χ0v) is 9.58. The number of aliphatic hydroxyl groups is 1. The molecule has 2 saturated heterocycles. The van der Waals surface area contributed by atoms with Gasteiger partial charge in [0.2, 0.25) is 0 Å². The average molecular weight is 229 g/mol. The maximum atomic E-state index is 9.32. The molecule has 3 atom stereocenters. The highest BCUT2D eigenvalue weighted by Gasteiger charge is 2.45. The number of rotatable bonds is 2. The fourth-order valence-corrected chi connectivity index (χ4v) is 2.50. The van der Waals surface area contributed by atoms with Crippen LogP contribution in [0.4, 0.5) is 5.82 Å². The van der Waals surface area contributed by atoms with Crippen LogP contribution in [0.15, 0.2) is 18.3 Å². The van der Waals surface area contributed by atoms with Crippen molar-refractivity contribution in [1.29, 1.82) is 0 Å². The standard InChI is InChI=1S/C13H15N3O/c1-2-10-3-4-13(14-5-10)15-6-11-8-16(11)12(7-15)9-17/h1,3-5,11-12,17H,6-9H2. The Balaban J connectivity index is 1.77. The van der Waals surface area contributed by atoms with Crippen LogP contribution >= 0.6 is 0 Å². The van der Waals surface area contributed by atoms with Gasteiger partial charge in [0.15, 0.2) is 0 Å². The molecule has 0 amide bonds. The van der Waals surface area contributed by atoms with Crippen LogP contribution < -0.4 is 4.90 Å². The van der Waals surface area contributed by atoms with Gasteiger partial charge in [0, 0.05) is 37.4 Å². The molecule has 0 aromatic carbocycles. The van der Waals surface area contributed by atoms with Gasteiger partial charge in [0.1, 0.15) is 5.82 Å². The minimum absolute atomic E-state index is 0.218. The lowest BCUT2D eigenvalue weighted by Crippen LogP contribution is -2.47. The molecule has 0 saturated carbocycles. The minimum Gasteiger partial charge on any atom is -0.395 e. The van der Waals surface area contributed by atoms with Gasteiger partial charge in [-0.25, -0.2) is 4.98 Å². The van der Waals surface area contributed by atoms with Gasteiger partial charge >= 0.3 is 0 Å². The molecule has 0 bridgehead atoms. The summed E-state index contributed by atoms with van der Waals surface area (Å²) in [5.74, 6) is 3.52. The Morgan fingerprint density at radius 1 is 1.41 bits per heavy atom. The molecule has 0 spiro atoms. The van der Waals surface area contributed by atoms with Crippen LogP contribution in [-0.2, 0) is 0 Å². The summed E-state index contributed by atoms with van der Waals surface area (Å²) < 4.78 is 0. The Labute approximate surface area is 101 Å². The number of hydrogen-bond donors (Lipinski definition) is 1. The van der Waals surface area contributed by atoms with E-state index in [1.165, 1.54) is 0 Å². The number of hydrogen-bond acceptors (Lipinski definition) is 4. The van der Waals surface area contributed by atoms with Gasteiger partial charge < -0.3 is 10.0 Å². The molecular weight excluding hydrogens is 214 g/mol. The molecule has 2 aliphatic heterocycles. The van der Waals surface area contributed by atoms with Crippen molar-refractivity contribution in [2.24, 2.45) is 0 Å². The highest BCUT2D eigenvalue weighted by atomic mass is 16.3. The molecule has 0 aliphatic carbocycles. The van der Waals surface area contributed by atoms with E-state index in [4.69, 9.17) is 6.42 Å². The Morgan fingerprint density at radius 2 is 2.29 bits per heavy atom. The molecule has 4 heteroatoms. The van der Waals surface area contributed by atoms with Gasteiger partial charge in [0.25, 0.3) is 0 Å². The lowest BCUT2D eigenvalue weighted by Gasteiger charge is -2.33. The lowest BCUT2D eigenvalue weighted by molar-refractivity contribution is 0.190. The Kier molecular flexibility index (Phi) is 2.50. The molecule has 1 N–H and O–H groups in total. The quantitative estimate of drug-likeness (QED) is 0.569. The Hall–Kier alpha value is -1.57. The van der Waals surface area contributed by atoms with Gasteiger partial charge in [0.05, 0.1) is 12.6 Å². The van der Waals surface area contributed by atoms with Crippen molar-refractivity contribution in [3.63, 3.8) is 0 Å². The highest BCUT2D eigenvalue weighted by Crippen LogP contribution is 2.29. The SMILES string of the molecule is C#Cc1ccc(N2CC(CO)N3CC3C2)nc1. The number of aromatic nitrogens is 1. The fraction of sp³-hybridized carbons (Fsp3) is 0.462. The number of piperazine rings is 1. The van der Waals surface area contributed by atoms with Crippen LogP contribution in [0.1, 0.15) is 5.56 Å². The number of fused-ring (bicyclic) bond motifs is 1. The summed E-state index contributed by atoms with van der Waals surface area (Å²) in [4.78, 5) is 8.95. The van der Waals surface area contributed by atoms with Crippen LogP contribution in [0.25, 0.3) is 0 Å². The van der Waals surface area contributed by atoms with E-state index < -0.39 is 0 Å². The largest absolute Gasteiger partial charge is 0.395 e. The van der Waals surface area contributed by atoms with Crippen molar-refractivity contribution in [2.75, 3.05) is 31.1 Å². The second-order valence-corrected chi connectivity index (χ2v) is 4.64. The van der Waals surface area contributed by atoms with E-state index in [0.29, 0.717) is 6.04 Å². The van der Waals surface area contributed by atoms with Gasteiger partial charge in [-0.05, 0) is 12.1 Å². The predicted molar refractivity (Wildman–Crippen MR) is 65.8 cm³/mol. The first-order chi connectivity index (χ1) is 8.31. The van der Waals surface area contributed by atoms with Crippen molar-refractivity contribution in [1.82, 2.24) is 9.88 Å². The Bertz CT molecular complexity index is 451. The summed E-state index contributed by atoms with van der Waals surface area (Å²) in [5, 5.41) is 9.32. The first-order valence-corrected chi connectivity index (χ1v) is 5.86. The zero-order valence-electron chi connectivity index (χ0n) is 9.58. The van der Waals surface area contributed by atoms with E-state index in [0.717, 1.165) is 31.0 Å². The van der Waals surface area contributed by atoms with Crippen LogP contribution in [0.3, 0.4) is 0 Å². The second-order valence-electron chi connectivity index (χ2n) is 4.64. The first-order valence-electron chi connectivity index (χ1n) is 5.86. The van der Waals surface area contributed by atoms with Gasteiger partial charge in [-0.3, -0.25) is 4.90 Å². The molecule has 2 fully saturated rings. The van der Waals surface area contributed by atoms with E-state index in [1.54, 1.807) is 6.20 Å². The molecule has 17 heavy (non-hydrogen) atoms. The molecule has 1 aromatic rings. The zero-order chi connectivity index (χ0) is 11.8. The third kappa shape index (κ3) is 1.88. The van der Waals surface area contributed by atoms with E-state index in [9.17, 15) is 5.11 Å². The van der Waals surface area contributed by atoms with Crippen LogP contribution in [-0.4, -0.2) is 53.3 Å². The third-order valence-corrected chi connectivity index (χ3v) is 3.54. The van der Waals surface area contributed by atoms with Gasteiger partial charge in [-0.1, -0.05) is 5.92 Å². The van der Waals surface area contributed by atoms with Crippen molar-refractivity contribution in [3.8, 4) is 12.3 Å². The van der Waals surface area contributed by atoms with Crippen molar-refractivity contribution in [3.05, 3.63) is 23.9 Å². The minimum atomic E-state index is 0.218. The van der Waals surface area contributed by atoms with Crippen molar-refractivity contribution in [2.45, 2.75) is 12.1 Å². The maximum Gasteiger partial charge on any atom is 0.128 e. The molecule has 3 unspecified atom stereocenters. The summed E-state index contributed by atoms with van der Waals surface area (Å²) >= 11 is 0. The molecule has 1 aromatic heterocycles. The van der Waals surface area contributed by atoms with Crippen molar-refractivity contribution >= 4 is 5.82 Å². The Morgan fingerprint density at radius 3 is 2.94 bits per heavy atom. The number of pyridine rings is 1. The topological polar surface area (TPSA) is 39.4 Å². The number of nitrogens with zero attached hydrogens (tertiary/aromatic N) is 3. The summed E-state index contributed by atoms with van der Waals surface area (Å²) in [6, 6.07) is 4.72. The smallest absolute Gasteiger partial charge is 0.128 e. The van der Waals surface area contributed by atoms with Gasteiger partial charge in [-0.2, -0.15) is 0 Å².